The minimum atomic E-state index is -0.811. The molecule has 1 atom stereocenters. The molecule has 1 aromatic rings. The number of ether oxygens (including phenoxy) is 2. The lowest BCUT2D eigenvalue weighted by Crippen LogP contribution is -2.54. The van der Waals surface area contributed by atoms with Crippen LogP contribution in [0.4, 0.5) is 0 Å². The van der Waals surface area contributed by atoms with E-state index in [0.717, 1.165) is 17.7 Å². The largest absolute Gasteiger partial charge is 0.494 e. The van der Waals surface area contributed by atoms with E-state index in [2.05, 4.69) is 5.32 Å². The van der Waals surface area contributed by atoms with Gasteiger partial charge in [0.05, 0.1) is 12.7 Å². The van der Waals surface area contributed by atoms with Gasteiger partial charge in [-0.2, -0.15) is 0 Å². The Kier molecular flexibility index (Phi) is 7.66. The molecule has 0 saturated carbocycles. The third-order valence-corrected chi connectivity index (χ3v) is 4.84. The zero-order valence-corrected chi connectivity index (χ0v) is 16.9. The maximum absolute atomic E-state index is 12.8. The number of carbonyl (C=O) groups excluding carboxylic acids is 2. The highest BCUT2D eigenvalue weighted by Crippen LogP contribution is 2.32. The number of nitrogens with zero attached hydrogens (tertiary/aromatic N) is 1. The molecule has 0 spiro atoms. The Morgan fingerprint density at radius 1 is 1.30 bits per heavy atom. The highest BCUT2D eigenvalue weighted by molar-refractivity contribution is 5.94. The molecule has 0 aliphatic carbocycles. The first-order valence-electron chi connectivity index (χ1n) is 9.79. The second kappa shape index (κ2) is 9.74. The van der Waals surface area contributed by atoms with Crippen molar-refractivity contribution >= 4 is 11.8 Å². The Balaban J connectivity index is 1.95. The Morgan fingerprint density at radius 3 is 2.63 bits per heavy atom. The normalized spacial score (nSPS) is 19.6. The average molecular weight is 376 g/mol. The summed E-state index contributed by atoms with van der Waals surface area (Å²) in [6.45, 7) is 9.97. The molecular weight excluding hydrogens is 344 g/mol. The van der Waals surface area contributed by atoms with E-state index in [1.807, 2.05) is 52.0 Å². The number of nitrogens with one attached hydrogen (secondary N) is 1. The Morgan fingerprint density at radius 2 is 2.00 bits per heavy atom. The maximum Gasteiger partial charge on any atom is 0.245 e. The van der Waals surface area contributed by atoms with Crippen LogP contribution in [0.3, 0.4) is 0 Å². The van der Waals surface area contributed by atoms with Crippen LogP contribution in [0.15, 0.2) is 24.3 Å². The summed E-state index contributed by atoms with van der Waals surface area (Å²) in [5, 5.41) is 2.97. The lowest BCUT2D eigenvalue weighted by molar-refractivity contribution is -0.141. The highest BCUT2D eigenvalue weighted by atomic mass is 16.5. The average Bonchev–Trinajstić information content (AvgIpc) is 2.92. The predicted molar refractivity (Wildman–Crippen MR) is 105 cm³/mol. The minimum Gasteiger partial charge on any atom is -0.494 e. The molecule has 2 amide bonds. The minimum absolute atomic E-state index is 0.0182. The summed E-state index contributed by atoms with van der Waals surface area (Å²) in [4.78, 5) is 26.9. The Bertz CT molecular complexity index is 630. The Hall–Kier alpha value is -2.08. The van der Waals surface area contributed by atoms with E-state index < -0.39 is 5.54 Å². The van der Waals surface area contributed by atoms with Crippen molar-refractivity contribution in [2.45, 2.75) is 65.1 Å². The van der Waals surface area contributed by atoms with E-state index in [1.54, 1.807) is 4.90 Å². The number of hydrogen-bond donors (Lipinski definition) is 1. The van der Waals surface area contributed by atoms with Crippen molar-refractivity contribution in [1.29, 1.82) is 0 Å². The molecule has 6 heteroatoms. The van der Waals surface area contributed by atoms with Crippen molar-refractivity contribution in [3.05, 3.63) is 29.8 Å². The summed E-state index contributed by atoms with van der Waals surface area (Å²) >= 11 is 0. The molecule has 1 aliphatic rings. The summed E-state index contributed by atoms with van der Waals surface area (Å²) < 4.78 is 10.9. The van der Waals surface area contributed by atoms with E-state index >= 15 is 0 Å². The van der Waals surface area contributed by atoms with Crippen LogP contribution in [0, 0.1) is 0 Å². The van der Waals surface area contributed by atoms with Gasteiger partial charge in [0.25, 0.3) is 0 Å². The quantitative estimate of drug-likeness (QED) is 0.638. The van der Waals surface area contributed by atoms with Crippen LogP contribution < -0.4 is 10.1 Å². The fourth-order valence-electron chi connectivity index (χ4n) is 3.22. The molecule has 0 bridgehead atoms. The number of benzene rings is 1. The smallest absolute Gasteiger partial charge is 0.245 e. The summed E-state index contributed by atoms with van der Waals surface area (Å²) in [6.07, 6.45) is 1.89. The molecule has 1 aromatic carbocycles. The van der Waals surface area contributed by atoms with Gasteiger partial charge in [0.15, 0.2) is 0 Å². The van der Waals surface area contributed by atoms with Crippen LogP contribution in [0.25, 0.3) is 0 Å². The third-order valence-electron chi connectivity index (χ3n) is 4.84. The lowest BCUT2D eigenvalue weighted by Gasteiger charge is -2.34. The summed E-state index contributed by atoms with van der Waals surface area (Å²) in [7, 11) is 0. The summed E-state index contributed by atoms with van der Waals surface area (Å²) in [6, 6.07) is 7.67. The number of amides is 2. The van der Waals surface area contributed by atoms with Crippen LogP contribution >= 0.6 is 0 Å². The number of carbonyl (C=O) groups is 2. The van der Waals surface area contributed by atoms with Gasteiger partial charge in [-0.1, -0.05) is 12.1 Å². The van der Waals surface area contributed by atoms with Crippen LogP contribution in [0.2, 0.25) is 0 Å². The summed E-state index contributed by atoms with van der Waals surface area (Å²) in [5.74, 6) is 0.728. The molecule has 1 saturated heterocycles. The van der Waals surface area contributed by atoms with Crippen LogP contribution in [0.1, 0.15) is 52.5 Å². The van der Waals surface area contributed by atoms with Gasteiger partial charge < -0.3 is 19.7 Å². The molecule has 27 heavy (non-hydrogen) atoms. The van der Waals surface area contributed by atoms with Gasteiger partial charge in [-0.25, -0.2) is 0 Å². The molecule has 1 N–H and O–H groups in total. The molecule has 6 nitrogen and oxygen atoms in total. The highest BCUT2D eigenvalue weighted by Gasteiger charge is 2.46. The first kappa shape index (κ1) is 21.2. The van der Waals surface area contributed by atoms with Crippen molar-refractivity contribution in [2.75, 3.05) is 19.8 Å². The van der Waals surface area contributed by atoms with E-state index in [4.69, 9.17) is 9.47 Å². The number of rotatable bonds is 10. The molecular formula is C21H32N2O4. The van der Waals surface area contributed by atoms with Gasteiger partial charge >= 0.3 is 0 Å². The number of hydrogen-bond acceptors (Lipinski definition) is 4. The maximum atomic E-state index is 12.8. The molecule has 0 unspecified atom stereocenters. The monoisotopic (exact) mass is 376 g/mol. The molecule has 0 radical (unpaired) electrons. The zero-order valence-electron chi connectivity index (χ0n) is 16.9. The molecule has 150 valence electrons. The Labute approximate surface area is 162 Å². The van der Waals surface area contributed by atoms with Crippen molar-refractivity contribution in [3.8, 4) is 5.75 Å². The SMILES string of the molecule is CCOc1ccc(CN2C(=O)CC[C@]2(C)C(=O)NCCCOC(C)C)cc1. The van der Waals surface area contributed by atoms with E-state index in [9.17, 15) is 9.59 Å². The van der Waals surface area contributed by atoms with Gasteiger partial charge in [0.2, 0.25) is 11.8 Å². The molecule has 1 aliphatic heterocycles. The van der Waals surface area contributed by atoms with E-state index in [-0.39, 0.29) is 17.9 Å². The van der Waals surface area contributed by atoms with Crippen molar-refractivity contribution in [3.63, 3.8) is 0 Å². The second-order valence-corrected chi connectivity index (χ2v) is 7.36. The molecule has 1 heterocycles. The third kappa shape index (κ3) is 5.70. The van der Waals surface area contributed by atoms with Gasteiger partial charge in [-0.3, -0.25) is 9.59 Å². The second-order valence-electron chi connectivity index (χ2n) is 7.36. The lowest BCUT2D eigenvalue weighted by atomic mass is 9.97. The molecule has 0 aromatic heterocycles. The van der Waals surface area contributed by atoms with E-state index in [0.29, 0.717) is 39.1 Å². The van der Waals surface area contributed by atoms with Crippen molar-refractivity contribution < 1.29 is 19.1 Å². The van der Waals surface area contributed by atoms with Gasteiger partial charge in [0.1, 0.15) is 11.3 Å². The van der Waals surface area contributed by atoms with Gasteiger partial charge in [0, 0.05) is 26.1 Å². The van der Waals surface area contributed by atoms with Crippen molar-refractivity contribution in [2.24, 2.45) is 0 Å². The predicted octanol–water partition coefficient (Wildman–Crippen LogP) is 2.90. The van der Waals surface area contributed by atoms with Crippen LogP contribution in [-0.2, 0) is 20.9 Å². The zero-order chi connectivity index (χ0) is 19.9. The molecule has 1 fully saturated rings. The van der Waals surface area contributed by atoms with Crippen LogP contribution in [-0.4, -0.2) is 48.1 Å². The fraction of sp³-hybridized carbons (Fsp3) is 0.619. The summed E-state index contributed by atoms with van der Waals surface area (Å²) in [5.41, 5.74) is 0.173. The fourth-order valence-corrected chi connectivity index (χ4v) is 3.22. The van der Waals surface area contributed by atoms with Gasteiger partial charge in [-0.05, 0) is 58.2 Å². The number of likely N-dealkylation sites (tertiary alicyclic amines) is 1. The topological polar surface area (TPSA) is 67.9 Å². The van der Waals surface area contributed by atoms with Crippen molar-refractivity contribution in [1.82, 2.24) is 10.2 Å². The van der Waals surface area contributed by atoms with Crippen LogP contribution in [0.5, 0.6) is 5.75 Å². The van der Waals surface area contributed by atoms with E-state index in [1.165, 1.54) is 0 Å². The first-order valence-corrected chi connectivity index (χ1v) is 9.79. The standard InChI is InChI=1S/C21H32N2O4/c1-5-26-18-9-7-17(8-10-18)15-23-19(24)11-12-21(23,4)20(25)22-13-6-14-27-16(2)3/h7-10,16H,5-6,11-15H2,1-4H3,(H,22,25)/t21-/m1/s1. The molecule has 2 rings (SSSR count). The first-order chi connectivity index (χ1) is 12.9. The van der Waals surface area contributed by atoms with Gasteiger partial charge in [-0.15, -0.1) is 0 Å².